The summed E-state index contributed by atoms with van der Waals surface area (Å²) in [4.78, 5) is 39.0. The molecule has 0 spiro atoms. The molecule has 0 atom stereocenters. The van der Waals surface area contributed by atoms with Crippen LogP contribution in [0.15, 0.2) is 52.1 Å². The van der Waals surface area contributed by atoms with Crippen LogP contribution < -0.4 is 16.6 Å². The summed E-state index contributed by atoms with van der Waals surface area (Å²) in [5.74, 6) is -0.520. The molecule has 0 saturated carbocycles. The van der Waals surface area contributed by atoms with E-state index in [-0.39, 0.29) is 29.8 Å². The van der Waals surface area contributed by atoms with Gasteiger partial charge in [0, 0.05) is 18.2 Å². The molecule has 1 N–H and O–H groups in total. The van der Waals surface area contributed by atoms with E-state index in [0.29, 0.717) is 35.0 Å². The lowest BCUT2D eigenvalue weighted by atomic mass is 10.1. The molecule has 2 aromatic carbocycles. The minimum absolute atomic E-state index is 0.0492. The minimum Gasteiger partial charge on any atom is -0.350 e. The van der Waals surface area contributed by atoms with E-state index in [0.717, 1.165) is 0 Å². The normalized spacial score (nSPS) is 11.5. The smallest absolute Gasteiger partial charge is 0.350 e. The first-order valence-corrected chi connectivity index (χ1v) is 10.5. The Kier molecular flexibility index (Phi) is 5.65. The summed E-state index contributed by atoms with van der Waals surface area (Å²) < 4.78 is 17.6. The van der Waals surface area contributed by atoms with E-state index in [4.69, 9.17) is 0 Å². The zero-order chi connectivity index (χ0) is 23.0. The fraction of sp³-hybridized carbons (Fsp3) is 0.304. The lowest BCUT2D eigenvalue weighted by Crippen LogP contribution is -2.30. The first-order valence-electron chi connectivity index (χ1n) is 10.5. The van der Waals surface area contributed by atoms with Gasteiger partial charge in [0.2, 0.25) is 5.78 Å². The van der Waals surface area contributed by atoms with Gasteiger partial charge >= 0.3 is 5.69 Å². The van der Waals surface area contributed by atoms with Gasteiger partial charge in [-0.2, -0.15) is 0 Å². The van der Waals surface area contributed by atoms with Gasteiger partial charge in [0.05, 0.1) is 17.4 Å². The molecule has 9 heteroatoms. The average molecular weight is 437 g/mol. The highest BCUT2D eigenvalue weighted by molar-refractivity contribution is 5.98. The van der Waals surface area contributed by atoms with Crippen LogP contribution in [-0.4, -0.2) is 30.7 Å². The van der Waals surface area contributed by atoms with Crippen LogP contribution in [0.4, 0.5) is 4.39 Å². The van der Waals surface area contributed by atoms with Crippen molar-refractivity contribution in [2.24, 2.45) is 0 Å². The highest BCUT2D eigenvalue weighted by atomic mass is 19.1. The van der Waals surface area contributed by atoms with Crippen molar-refractivity contribution in [3.05, 3.63) is 80.2 Å². The van der Waals surface area contributed by atoms with E-state index < -0.39 is 11.5 Å². The average Bonchev–Trinajstić information content (AvgIpc) is 3.06. The second-order valence-corrected chi connectivity index (χ2v) is 8.02. The Labute approximate surface area is 182 Å². The van der Waals surface area contributed by atoms with Crippen molar-refractivity contribution in [2.45, 2.75) is 46.3 Å². The second-order valence-electron chi connectivity index (χ2n) is 8.02. The molecular formula is C23H24FN5O3. The number of aryl methyl sites for hydroxylation is 1. The van der Waals surface area contributed by atoms with Crippen LogP contribution in [-0.2, 0) is 13.1 Å². The molecule has 4 aromatic rings. The zero-order valence-corrected chi connectivity index (χ0v) is 18.1. The standard InChI is InChI=1S/C23H24FN5O3/c1-4-10-27-21(31)18-9-8-16(20(30)25-14(2)3)12-19(18)29-22(27)26-28(23(29)32)13-15-6-5-7-17(24)11-15/h5-9,11-12,14H,4,10,13H2,1-3H3,(H,25,30). The zero-order valence-electron chi connectivity index (χ0n) is 18.1. The number of hydrogen-bond acceptors (Lipinski definition) is 4. The third-order valence-corrected chi connectivity index (χ3v) is 5.13. The molecule has 0 saturated heterocycles. The summed E-state index contributed by atoms with van der Waals surface area (Å²) in [7, 11) is 0. The van der Waals surface area contributed by atoms with Crippen molar-refractivity contribution in [2.75, 3.05) is 0 Å². The van der Waals surface area contributed by atoms with Gasteiger partial charge in [-0.25, -0.2) is 18.3 Å². The Bertz CT molecular complexity index is 1450. The summed E-state index contributed by atoms with van der Waals surface area (Å²) in [6.07, 6.45) is 0.668. The SMILES string of the molecule is CCCn1c(=O)c2ccc(C(=O)NC(C)C)cc2n2c(=O)n(Cc3cccc(F)c3)nc12. The summed E-state index contributed by atoms with van der Waals surface area (Å²) in [5, 5.41) is 7.53. The lowest BCUT2D eigenvalue weighted by molar-refractivity contribution is 0.0943. The van der Waals surface area contributed by atoms with Crippen LogP contribution in [0.25, 0.3) is 16.7 Å². The highest BCUT2D eigenvalue weighted by Gasteiger charge is 2.19. The molecule has 0 fully saturated rings. The predicted octanol–water partition coefficient (Wildman–Crippen LogP) is 2.55. The summed E-state index contributed by atoms with van der Waals surface area (Å²) in [6.45, 7) is 6.05. The number of nitrogens with zero attached hydrogens (tertiary/aromatic N) is 4. The van der Waals surface area contributed by atoms with Crippen molar-refractivity contribution in [3.8, 4) is 0 Å². The molecule has 32 heavy (non-hydrogen) atoms. The van der Waals surface area contributed by atoms with Gasteiger partial charge < -0.3 is 5.32 Å². The van der Waals surface area contributed by atoms with Gasteiger partial charge in [-0.15, -0.1) is 5.10 Å². The van der Waals surface area contributed by atoms with E-state index >= 15 is 0 Å². The van der Waals surface area contributed by atoms with E-state index in [9.17, 15) is 18.8 Å². The van der Waals surface area contributed by atoms with Crippen LogP contribution in [0.1, 0.15) is 43.1 Å². The van der Waals surface area contributed by atoms with Gasteiger partial charge in [-0.1, -0.05) is 19.1 Å². The van der Waals surface area contributed by atoms with E-state index in [1.807, 2.05) is 20.8 Å². The maximum Gasteiger partial charge on any atom is 0.352 e. The number of benzene rings is 2. The Morgan fingerprint density at radius 1 is 1.16 bits per heavy atom. The van der Waals surface area contributed by atoms with Gasteiger partial charge in [-0.3, -0.25) is 14.2 Å². The van der Waals surface area contributed by atoms with Crippen LogP contribution >= 0.6 is 0 Å². The number of nitrogens with one attached hydrogen (secondary N) is 1. The van der Waals surface area contributed by atoms with E-state index in [2.05, 4.69) is 10.4 Å². The molecule has 0 aliphatic rings. The van der Waals surface area contributed by atoms with Crippen molar-refractivity contribution < 1.29 is 9.18 Å². The van der Waals surface area contributed by atoms with Crippen molar-refractivity contribution in [1.29, 1.82) is 0 Å². The Hall–Kier alpha value is -3.75. The number of carbonyl (C=O) groups excluding carboxylic acids is 1. The molecule has 1 amide bonds. The number of rotatable bonds is 6. The largest absolute Gasteiger partial charge is 0.352 e. The predicted molar refractivity (Wildman–Crippen MR) is 120 cm³/mol. The molecule has 0 unspecified atom stereocenters. The molecule has 2 heterocycles. The number of amides is 1. The molecule has 0 bridgehead atoms. The number of hydrogen-bond donors (Lipinski definition) is 1. The number of halogens is 1. The second kappa shape index (κ2) is 8.41. The molecule has 8 nitrogen and oxygen atoms in total. The number of aromatic nitrogens is 4. The summed E-state index contributed by atoms with van der Waals surface area (Å²) >= 11 is 0. The molecule has 0 aliphatic carbocycles. The molecule has 0 radical (unpaired) electrons. The quantitative estimate of drug-likeness (QED) is 0.502. The maximum atomic E-state index is 13.6. The summed E-state index contributed by atoms with van der Waals surface area (Å²) in [6, 6.07) is 10.5. The van der Waals surface area contributed by atoms with Crippen molar-refractivity contribution >= 4 is 22.6 Å². The molecule has 4 rings (SSSR count). The Morgan fingerprint density at radius 2 is 1.94 bits per heavy atom. The maximum absolute atomic E-state index is 13.6. The third kappa shape index (κ3) is 3.81. The van der Waals surface area contributed by atoms with Crippen LogP contribution in [0, 0.1) is 5.82 Å². The van der Waals surface area contributed by atoms with Crippen LogP contribution in [0.2, 0.25) is 0 Å². The van der Waals surface area contributed by atoms with Gasteiger partial charge in [0.1, 0.15) is 5.82 Å². The fourth-order valence-corrected chi connectivity index (χ4v) is 3.74. The topological polar surface area (TPSA) is 90.4 Å². The molecular weight excluding hydrogens is 413 g/mol. The van der Waals surface area contributed by atoms with Crippen LogP contribution in [0.5, 0.6) is 0 Å². The van der Waals surface area contributed by atoms with Gasteiger partial charge in [-0.05, 0) is 56.2 Å². The van der Waals surface area contributed by atoms with Gasteiger partial charge in [0.25, 0.3) is 11.5 Å². The first-order chi connectivity index (χ1) is 15.3. The Morgan fingerprint density at radius 3 is 2.62 bits per heavy atom. The first kappa shape index (κ1) is 21.5. The van der Waals surface area contributed by atoms with E-state index in [1.54, 1.807) is 24.3 Å². The van der Waals surface area contributed by atoms with Crippen molar-refractivity contribution in [3.63, 3.8) is 0 Å². The lowest BCUT2D eigenvalue weighted by Gasteiger charge is -2.11. The minimum atomic E-state index is -0.472. The third-order valence-electron chi connectivity index (χ3n) is 5.13. The Balaban J connectivity index is 1.98. The van der Waals surface area contributed by atoms with Gasteiger partial charge in [0.15, 0.2) is 0 Å². The molecule has 166 valence electrons. The van der Waals surface area contributed by atoms with Crippen LogP contribution in [0.3, 0.4) is 0 Å². The molecule has 2 aromatic heterocycles. The highest BCUT2D eigenvalue weighted by Crippen LogP contribution is 2.15. The van der Waals surface area contributed by atoms with E-state index in [1.165, 1.54) is 31.8 Å². The van der Waals surface area contributed by atoms with Crippen molar-refractivity contribution in [1.82, 2.24) is 24.1 Å². The summed E-state index contributed by atoms with van der Waals surface area (Å²) in [5.41, 5.74) is 0.462. The monoisotopic (exact) mass is 437 g/mol. The molecule has 0 aliphatic heterocycles. The number of fused-ring (bicyclic) bond motifs is 3. The number of carbonyl (C=O) groups is 1. The fourth-order valence-electron chi connectivity index (χ4n) is 3.74.